The molecule has 0 aliphatic rings. The number of nitriles is 1. The zero-order valence-electron chi connectivity index (χ0n) is 12.8. The summed E-state index contributed by atoms with van der Waals surface area (Å²) in [5.41, 5.74) is 4.28. The normalized spacial score (nSPS) is 10.4. The van der Waals surface area contributed by atoms with Crippen LogP contribution in [0, 0.1) is 18.3 Å². The molecule has 0 spiro atoms. The van der Waals surface area contributed by atoms with Crippen molar-refractivity contribution in [3.05, 3.63) is 64.7 Å². The predicted molar refractivity (Wildman–Crippen MR) is 84.1 cm³/mol. The van der Waals surface area contributed by atoms with Crippen molar-refractivity contribution in [1.29, 1.82) is 5.26 Å². The van der Waals surface area contributed by atoms with E-state index in [0.29, 0.717) is 11.3 Å². The Morgan fingerprint density at radius 2 is 1.67 bits per heavy atom. The van der Waals surface area contributed by atoms with Gasteiger partial charge in [0.1, 0.15) is 11.8 Å². The average Bonchev–Trinajstić information content (AvgIpc) is 2.49. The first-order chi connectivity index (χ1) is 10.1. The van der Waals surface area contributed by atoms with Gasteiger partial charge in [0.05, 0.1) is 12.7 Å². The van der Waals surface area contributed by atoms with Gasteiger partial charge in [0.25, 0.3) is 0 Å². The summed E-state index contributed by atoms with van der Waals surface area (Å²) in [6, 6.07) is 16.4. The molecular formula is C18H20N2O. The molecule has 0 aliphatic heterocycles. The predicted octanol–water partition coefficient (Wildman–Crippen LogP) is 3.51. The molecule has 0 atom stereocenters. The average molecular weight is 280 g/mol. The van der Waals surface area contributed by atoms with Crippen LogP contribution in [0.25, 0.3) is 0 Å². The van der Waals surface area contributed by atoms with Crippen LogP contribution < -0.4 is 4.74 Å². The van der Waals surface area contributed by atoms with E-state index in [2.05, 4.69) is 49.2 Å². The third kappa shape index (κ3) is 4.08. The highest BCUT2D eigenvalue weighted by Gasteiger charge is 2.06. The van der Waals surface area contributed by atoms with Gasteiger partial charge < -0.3 is 4.74 Å². The number of nitrogens with zero attached hydrogens (tertiary/aromatic N) is 2. The number of hydrogen-bond acceptors (Lipinski definition) is 3. The molecule has 0 aliphatic carbocycles. The van der Waals surface area contributed by atoms with E-state index in [1.165, 1.54) is 11.1 Å². The Balaban J connectivity index is 2.04. The van der Waals surface area contributed by atoms with Gasteiger partial charge in [-0.25, -0.2) is 0 Å². The van der Waals surface area contributed by atoms with Gasteiger partial charge in [-0.1, -0.05) is 35.9 Å². The Kier molecular flexibility index (Phi) is 4.97. The summed E-state index contributed by atoms with van der Waals surface area (Å²) >= 11 is 0. The van der Waals surface area contributed by atoms with Gasteiger partial charge in [-0.15, -0.1) is 0 Å². The Morgan fingerprint density at radius 3 is 2.29 bits per heavy atom. The molecule has 0 amide bonds. The van der Waals surface area contributed by atoms with Crippen LogP contribution in [-0.2, 0) is 13.1 Å². The fourth-order valence-electron chi connectivity index (χ4n) is 2.30. The lowest BCUT2D eigenvalue weighted by Gasteiger charge is -2.17. The highest BCUT2D eigenvalue weighted by atomic mass is 16.5. The molecule has 0 aromatic heterocycles. The van der Waals surface area contributed by atoms with Crippen molar-refractivity contribution < 1.29 is 4.74 Å². The van der Waals surface area contributed by atoms with Crippen molar-refractivity contribution >= 4 is 0 Å². The lowest BCUT2D eigenvalue weighted by molar-refractivity contribution is 0.318. The highest BCUT2D eigenvalue weighted by Crippen LogP contribution is 2.20. The summed E-state index contributed by atoms with van der Waals surface area (Å²) in [7, 11) is 3.68. The maximum Gasteiger partial charge on any atom is 0.136 e. The molecule has 0 saturated heterocycles. The Bertz CT molecular complexity index is 641. The number of methoxy groups -OCH3 is 1. The monoisotopic (exact) mass is 280 g/mol. The second kappa shape index (κ2) is 6.92. The SMILES string of the molecule is COc1cc(CN(C)Cc2ccc(C)cc2)ccc1C#N. The summed E-state index contributed by atoms with van der Waals surface area (Å²) in [5, 5.41) is 9.00. The first kappa shape index (κ1) is 15.1. The van der Waals surface area contributed by atoms with E-state index < -0.39 is 0 Å². The van der Waals surface area contributed by atoms with Crippen molar-refractivity contribution in [2.24, 2.45) is 0 Å². The molecule has 3 heteroatoms. The molecule has 2 aromatic rings. The first-order valence-corrected chi connectivity index (χ1v) is 6.93. The molecular weight excluding hydrogens is 260 g/mol. The van der Waals surface area contributed by atoms with Crippen molar-refractivity contribution in [3.8, 4) is 11.8 Å². The summed E-state index contributed by atoms with van der Waals surface area (Å²) in [6.45, 7) is 3.80. The molecule has 21 heavy (non-hydrogen) atoms. The zero-order valence-corrected chi connectivity index (χ0v) is 12.8. The summed E-state index contributed by atoms with van der Waals surface area (Å²) < 4.78 is 5.25. The van der Waals surface area contributed by atoms with Crippen LogP contribution in [0.4, 0.5) is 0 Å². The van der Waals surface area contributed by atoms with Crippen molar-refractivity contribution in [3.63, 3.8) is 0 Å². The van der Waals surface area contributed by atoms with Gasteiger partial charge in [0.15, 0.2) is 0 Å². The molecule has 0 radical (unpaired) electrons. The van der Waals surface area contributed by atoms with E-state index in [-0.39, 0.29) is 0 Å². The minimum absolute atomic E-state index is 0.572. The second-order valence-electron chi connectivity index (χ2n) is 5.30. The number of hydrogen-bond donors (Lipinski definition) is 0. The Labute approximate surface area is 126 Å². The van der Waals surface area contributed by atoms with Crippen LogP contribution in [-0.4, -0.2) is 19.1 Å². The zero-order chi connectivity index (χ0) is 15.2. The standard InChI is InChI=1S/C18H20N2O/c1-14-4-6-15(7-5-14)12-20(2)13-16-8-9-17(11-19)18(10-16)21-3/h4-10H,12-13H2,1-3H3. The van der Waals surface area contributed by atoms with Crippen LogP contribution >= 0.6 is 0 Å². The maximum atomic E-state index is 9.00. The van der Waals surface area contributed by atoms with Gasteiger partial charge in [-0.3, -0.25) is 4.90 Å². The lowest BCUT2D eigenvalue weighted by Crippen LogP contribution is -2.17. The van der Waals surface area contributed by atoms with Crippen molar-refractivity contribution in [2.45, 2.75) is 20.0 Å². The molecule has 0 saturated carbocycles. The van der Waals surface area contributed by atoms with Gasteiger partial charge in [-0.2, -0.15) is 5.26 Å². The van der Waals surface area contributed by atoms with E-state index in [4.69, 9.17) is 10.00 Å². The van der Waals surface area contributed by atoms with Gasteiger partial charge in [0, 0.05) is 13.1 Å². The molecule has 3 nitrogen and oxygen atoms in total. The third-order valence-electron chi connectivity index (χ3n) is 3.41. The number of aryl methyl sites for hydroxylation is 1. The van der Waals surface area contributed by atoms with Crippen molar-refractivity contribution in [2.75, 3.05) is 14.2 Å². The van der Waals surface area contributed by atoms with Crippen LogP contribution in [0.15, 0.2) is 42.5 Å². The van der Waals surface area contributed by atoms with Gasteiger partial charge in [0.2, 0.25) is 0 Å². The number of rotatable bonds is 5. The fourth-order valence-corrected chi connectivity index (χ4v) is 2.30. The van der Waals surface area contributed by atoms with Crippen LogP contribution in [0.1, 0.15) is 22.3 Å². The summed E-state index contributed by atoms with van der Waals surface area (Å²) in [4.78, 5) is 2.24. The highest BCUT2D eigenvalue weighted by molar-refractivity contribution is 5.45. The lowest BCUT2D eigenvalue weighted by atomic mass is 10.1. The van der Waals surface area contributed by atoms with Gasteiger partial charge >= 0.3 is 0 Å². The molecule has 0 fully saturated rings. The van der Waals surface area contributed by atoms with Crippen molar-refractivity contribution in [1.82, 2.24) is 4.90 Å². The van der Waals surface area contributed by atoms with Crippen LogP contribution in [0.5, 0.6) is 5.75 Å². The molecule has 2 rings (SSSR count). The van der Waals surface area contributed by atoms with Crippen LogP contribution in [0.3, 0.4) is 0 Å². The first-order valence-electron chi connectivity index (χ1n) is 6.93. The smallest absolute Gasteiger partial charge is 0.136 e. The third-order valence-corrected chi connectivity index (χ3v) is 3.41. The van der Waals surface area contributed by atoms with E-state index in [1.54, 1.807) is 7.11 Å². The van der Waals surface area contributed by atoms with E-state index in [9.17, 15) is 0 Å². The summed E-state index contributed by atoms with van der Waals surface area (Å²) in [5.74, 6) is 0.638. The minimum Gasteiger partial charge on any atom is -0.495 e. The van der Waals surface area contributed by atoms with E-state index >= 15 is 0 Å². The number of benzene rings is 2. The van der Waals surface area contributed by atoms with Gasteiger partial charge in [-0.05, 0) is 37.2 Å². The topological polar surface area (TPSA) is 36.3 Å². The second-order valence-corrected chi connectivity index (χ2v) is 5.30. The molecule has 0 bridgehead atoms. The molecule has 0 heterocycles. The molecule has 108 valence electrons. The fraction of sp³-hybridized carbons (Fsp3) is 0.278. The maximum absolute atomic E-state index is 9.00. The minimum atomic E-state index is 0.572. The van der Waals surface area contributed by atoms with Crippen LogP contribution in [0.2, 0.25) is 0 Å². The Hall–Kier alpha value is -2.31. The molecule has 0 N–H and O–H groups in total. The van der Waals surface area contributed by atoms with E-state index in [0.717, 1.165) is 18.7 Å². The largest absolute Gasteiger partial charge is 0.495 e. The summed E-state index contributed by atoms with van der Waals surface area (Å²) in [6.07, 6.45) is 0. The quantitative estimate of drug-likeness (QED) is 0.841. The molecule has 2 aromatic carbocycles. The molecule has 0 unspecified atom stereocenters. The number of ether oxygens (including phenoxy) is 1. The Morgan fingerprint density at radius 1 is 1.05 bits per heavy atom. The van der Waals surface area contributed by atoms with E-state index in [1.807, 2.05) is 18.2 Å².